The molecule has 0 saturated heterocycles. The number of nitrogens with zero attached hydrogens (tertiary/aromatic N) is 3. The summed E-state index contributed by atoms with van der Waals surface area (Å²) in [6, 6.07) is 4.49. The highest BCUT2D eigenvalue weighted by Gasteiger charge is 2.26. The molecule has 0 unspecified atom stereocenters. The molecule has 1 aromatic carbocycles. The van der Waals surface area contributed by atoms with Gasteiger partial charge in [-0.15, -0.1) is 0 Å². The van der Waals surface area contributed by atoms with Crippen LogP contribution in [0.2, 0.25) is 0 Å². The first kappa shape index (κ1) is 14.3. The van der Waals surface area contributed by atoms with Crippen LogP contribution in [0.1, 0.15) is 27.3 Å². The average molecular weight is 352 g/mol. The van der Waals surface area contributed by atoms with Crippen LogP contribution in [-0.4, -0.2) is 26.9 Å². The fourth-order valence-corrected chi connectivity index (χ4v) is 3.02. The molecule has 0 aliphatic carbocycles. The van der Waals surface area contributed by atoms with Crippen LogP contribution in [0.15, 0.2) is 22.9 Å². The van der Waals surface area contributed by atoms with Crippen molar-refractivity contribution in [3.05, 3.63) is 51.3 Å². The van der Waals surface area contributed by atoms with Crippen molar-refractivity contribution in [3.8, 4) is 0 Å². The van der Waals surface area contributed by atoms with Crippen LogP contribution in [0.25, 0.3) is 0 Å². The predicted molar refractivity (Wildman–Crippen MR) is 80.5 cm³/mol. The Labute approximate surface area is 130 Å². The van der Waals surface area contributed by atoms with Crippen molar-refractivity contribution in [1.82, 2.24) is 14.5 Å². The molecule has 110 valence electrons. The summed E-state index contributed by atoms with van der Waals surface area (Å²) in [5.74, 6) is -0.357. The van der Waals surface area contributed by atoms with Gasteiger partial charge in [-0.3, -0.25) is 4.79 Å². The number of imidazole rings is 1. The number of aromatic nitrogens is 2. The minimum atomic E-state index is -0.289. The van der Waals surface area contributed by atoms with Gasteiger partial charge in [0.2, 0.25) is 0 Å². The van der Waals surface area contributed by atoms with E-state index in [4.69, 9.17) is 0 Å². The van der Waals surface area contributed by atoms with Gasteiger partial charge in [0.25, 0.3) is 5.91 Å². The molecular formula is C15H15BrFN3O. The highest BCUT2D eigenvalue weighted by molar-refractivity contribution is 9.10. The largest absolute Gasteiger partial charge is 0.332 e. The Hall–Kier alpha value is -1.69. The first-order chi connectivity index (χ1) is 9.97. The van der Waals surface area contributed by atoms with E-state index in [2.05, 4.69) is 20.9 Å². The smallest absolute Gasteiger partial charge is 0.254 e. The van der Waals surface area contributed by atoms with E-state index in [0.717, 1.165) is 22.5 Å². The molecule has 2 aromatic rings. The maximum atomic E-state index is 13.3. The van der Waals surface area contributed by atoms with Crippen molar-refractivity contribution in [2.75, 3.05) is 6.54 Å². The van der Waals surface area contributed by atoms with Crippen LogP contribution in [0.3, 0.4) is 0 Å². The first-order valence-electron chi connectivity index (χ1n) is 6.72. The molecule has 0 atom stereocenters. The monoisotopic (exact) mass is 351 g/mol. The van der Waals surface area contributed by atoms with Gasteiger partial charge in [0.05, 0.1) is 17.9 Å². The summed E-state index contributed by atoms with van der Waals surface area (Å²) in [6.45, 7) is 2.82. The fraction of sp³-hybridized carbons (Fsp3) is 0.333. The lowest BCUT2D eigenvalue weighted by molar-refractivity contribution is 0.0730. The van der Waals surface area contributed by atoms with E-state index in [-0.39, 0.29) is 11.7 Å². The SMILES string of the molecule is Cc1cc(C(=O)N2CCc3nc(Br)n(C)c3C2)ccc1F. The molecule has 1 amide bonds. The molecule has 3 rings (SSSR count). The number of aryl methyl sites for hydroxylation is 1. The summed E-state index contributed by atoms with van der Waals surface area (Å²) in [5.41, 5.74) is 3.09. The molecule has 0 fully saturated rings. The molecule has 0 bridgehead atoms. The first-order valence-corrected chi connectivity index (χ1v) is 7.52. The van der Waals surface area contributed by atoms with E-state index >= 15 is 0 Å². The van der Waals surface area contributed by atoms with E-state index < -0.39 is 0 Å². The minimum absolute atomic E-state index is 0.0685. The van der Waals surface area contributed by atoms with Gasteiger partial charge in [0.15, 0.2) is 4.73 Å². The summed E-state index contributed by atoms with van der Waals surface area (Å²) < 4.78 is 16.0. The normalized spacial score (nSPS) is 14.2. The molecule has 0 saturated carbocycles. The third kappa shape index (κ3) is 2.48. The summed E-state index contributed by atoms with van der Waals surface area (Å²) in [7, 11) is 1.92. The highest BCUT2D eigenvalue weighted by Crippen LogP contribution is 2.23. The Morgan fingerprint density at radius 1 is 1.43 bits per heavy atom. The zero-order valence-corrected chi connectivity index (χ0v) is 13.4. The van der Waals surface area contributed by atoms with Crippen molar-refractivity contribution in [1.29, 1.82) is 0 Å². The Bertz CT molecular complexity index is 726. The summed E-state index contributed by atoms with van der Waals surface area (Å²) in [5, 5.41) is 0. The summed E-state index contributed by atoms with van der Waals surface area (Å²) >= 11 is 3.40. The van der Waals surface area contributed by atoms with Gasteiger partial charge in [-0.25, -0.2) is 9.37 Å². The van der Waals surface area contributed by atoms with Crippen LogP contribution < -0.4 is 0 Å². The second-order valence-corrected chi connectivity index (χ2v) is 5.98. The summed E-state index contributed by atoms with van der Waals surface area (Å²) in [4.78, 5) is 18.8. The Kier molecular flexibility index (Phi) is 3.57. The van der Waals surface area contributed by atoms with Crippen molar-refractivity contribution in [2.24, 2.45) is 7.05 Å². The standard InChI is InChI=1S/C15H15BrFN3O/c1-9-7-10(3-4-11(9)17)14(21)20-6-5-12-13(8-20)19(2)15(16)18-12/h3-4,7H,5-6,8H2,1-2H3. The zero-order valence-electron chi connectivity index (χ0n) is 11.9. The third-order valence-electron chi connectivity index (χ3n) is 3.89. The molecule has 2 heterocycles. The molecule has 0 spiro atoms. The van der Waals surface area contributed by atoms with Gasteiger partial charge < -0.3 is 9.47 Å². The van der Waals surface area contributed by atoms with Gasteiger partial charge in [-0.1, -0.05) is 0 Å². The molecular weight excluding hydrogens is 337 g/mol. The third-order valence-corrected chi connectivity index (χ3v) is 4.60. The number of carbonyl (C=O) groups excluding carboxylic acids is 1. The summed E-state index contributed by atoms with van der Waals surface area (Å²) in [6.07, 6.45) is 0.737. The quantitative estimate of drug-likeness (QED) is 0.792. The van der Waals surface area contributed by atoms with Crippen molar-refractivity contribution in [2.45, 2.75) is 19.9 Å². The van der Waals surface area contributed by atoms with Gasteiger partial charge in [-0.05, 0) is 46.6 Å². The Morgan fingerprint density at radius 2 is 2.19 bits per heavy atom. The number of rotatable bonds is 1. The highest BCUT2D eigenvalue weighted by atomic mass is 79.9. The van der Waals surface area contributed by atoms with Gasteiger partial charge in [0.1, 0.15) is 5.82 Å². The maximum Gasteiger partial charge on any atom is 0.254 e. The van der Waals surface area contributed by atoms with E-state index in [9.17, 15) is 9.18 Å². The van der Waals surface area contributed by atoms with Crippen molar-refractivity contribution in [3.63, 3.8) is 0 Å². The predicted octanol–water partition coefficient (Wildman–Crippen LogP) is 2.83. The lowest BCUT2D eigenvalue weighted by Crippen LogP contribution is -2.36. The molecule has 6 heteroatoms. The molecule has 1 aliphatic heterocycles. The van der Waals surface area contributed by atoms with Gasteiger partial charge in [-0.2, -0.15) is 0 Å². The van der Waals surface area contributed by atoms with Crippen LogP contribution >= 0.6 is 15.9 Å². The number of fused-ring (bicyclic) bond motifs is 1. The number of hydrogen-bond acceptors (Lipinski definition) is 2. The van der Waals surface area contributed by atoms with Crippen molar-refractivity contribution < 1.29 is 9.18 Å². The number of carbonyl (C=O) groups is 1. The van der Waals surface area contributed by atoms with Crippen LogP contribution in [0.5, 0.6) is 0 Å². The number of hydrogen-bond donors (Lipinski definition) is 0. The van der Waals surface area contributed by atoms with Crippen LogP contribution in [0.4, 0.5) is 4.39 Å². The number of halogens is 2. The van der Waals surface area contributed by atoms with E-state index in [1.165, 1.54) is 6.07 Å². The van der Waals surface area contributed by atoms with Gasteiger partial charge >= 0.3 is 0 Å². The molecule has 1 aromatic heterocycles. The molecule has 1 aliphatic rings. The molecule has 0 radical (unpaired) electrons. The van der Waals surface area contributed by atoms with Crippen LogP contribution in [-0.2, 0) is 20.0 Å². The van der Waals surface area contributed by atoms with E-state index in [0.29, 0.717) is 24.2 Å². The average Bonchev–Trinajstić information content (AvgIpc) is 2.76. The lowest BCUT2D eigenvalue weighted by atomic mass is 10.1. The van der Waals surface area contributed by atoms with Crippen LogP contribution in [0, 0.1) is 12.7 Å². The Balaban J connectivity index is 1.86. The zero-order chi connectivity index (χ0) is 15.1. The number of amides is 1. The van der Waals surface area contributed by atoms with Gasteiger partial charge in [0, 0.05) is 25.6 Å². The second-order valence-electron chi connectivity index (χ2n) is 5.27. The number of benzene rings is 1. The van der Waals surface area contributed by atoms with E-state index in [1.807, 2.05) is 11.6 Å². The minimum Gasteiger partial charge on any atom is -0.332 e. The topological polar surface area (TPSA) is 38.1 Å². The Morgan fingerprint density at radius 3 is 2.90 bits per heavy atom. The lowest BCUT2D eigenvalue weighted by Gasteiger charge is -2.27. The second kappa shape index (κ2) is 5.26. The molecule has 21 heavy (non-hydrogen) atoms. The molecule has 0 N–H and O–H groups in total. The maximum absolute atomic E-state index is 13.3. The van der Waals surface area contributed by atoms with E-state index in [1.54, 1.807) is 24.0 Å². The van der Waals surface area contributed by atoms with Crippen molar-refractivity contribution >= 4 is 21.8 Å². The molecule has 4 nitrogen and oxygen atoms in total. The fourth-order valence-electron chi connectivity index (χ4n) is 2.59.